The Morgan fingerprint density at radius 1 is 1.18 bits per heavy atom. The van der Waals surface area contributed by atoms with Crippen LogP contribution < -0.4 is 0 Å². The van der Waals surface area contributed by atoms with Crippen molar-refractivity contribution < 1.29 is 0 Å². The summed E-state index contributed by atoms with van der Waals surface area (Å²) in [6, 6.07) is 15.4. The molecule has 0 atom stereocenters. The van der Waals surface area contributed by atoms with Crippen molar-refractivity contribution in [3.63, 3.8) is 0 Å². The Bertz CT molecular complexity index is 820. The fourth-order valence-electron chi connectivity index (χ4n) is 2.04. The third kappa shape index (κ3) is 3.00. The zero-order valence-electron chi connectivity index (χ0n) is 12.0. The van der Waals surface area contributed by atoms with Gasteiger partial charge in [0.05, 0.1) is 17.3 Å². The van der Waals surface area contributed by atoms with Crippen LogP contribution in [0.1, 0.15) is 11.3 Å². The number of hydrogen-bond donors (Lipinski definition) is 0. The molecule has 3 aromatic rings. The Hall–Kier alpha value is -2.65. The Labute approximate surface area is 132 Å². The van der Waals surface area contributed by atoms with Crippen molar-refractivity contribution in [3.05, 3.63) is 59.9 Å². The van der Waals surface area contributed by atoms with Gasteiger partial charge in [-0.3, -0.25) is 4.98 Å². The van der Waals surface area contributed by atoms with Crippen molar-refractivity contribution in [2.24, 2.45) is 7.05 Å². The molecular weight excluding hydrogens is 294 g/mol. The first kappa shape index (κ1) is 14.3. The molecule has 108 valence electrons. The normalized spacial score (nSPS) is 10.4. The van der Waals surface area contributed by atoms with Crippen LogP contribution in [0.2, 0.25) is 0 Å². The van der Waals surface area contributed by atoms with Gasteiger partial charge in [0.2, 0.25) is 0 Å². The van der Waals surface area contributed by atoms with E-state index < -0.39 is 0 Å². The smallest absolute Gasteiger partial charge is 0.191 e. The minimum Gasteiger partial charge on any atom is -0.305 e. The summed E-state index contributed by atoms with van der Waals surface area (Å²) in [7, 11) is 1.93. The van der Waals surface area contributed by atoms with Gasteiger partial charge in [0, 0.05) is 24.6 Å². The summed E-state index contributed by atoms with van der Waals surface area (Å²) in [4.78, 5) is 4.30. The summed E-state index contributed by atoms with van der Waals surface area (Å²) in [6.45, 7) is 0. The summed E-state index contributed by atoms with van der Waals surface area (Å²) in [5.74, 6) is 1.49. The van der Waals surface area contributed by atoms with E-state index in [4.69, 9.17) is 5.26 Å². The molecular formula is C16H13N5S. The quantitative estimate of drug-likeness (QED) is 0.693. The SMILES string of the molecule is Cn1c(SCc2ccccn2)nnc1-c1cccc(C#N)c1. The van der Waals surface area contributed by atoms with Gasteiger partial charge in [0.15, 0.2) is 11.0 Å². The number of nitrogens with zero attached hydrogens (tertiary/aromatic N) is 5. The number of aromatic nitrogens is 4. The highest BCUT2D eigenvalue weighted by Crippen LogP contribution is 2.25. The first-order chi connectivity index (χ1) is 10.8. The standard InChI is InChI=1S/C16H13N5S/c1-21-15(13-6-4-5-12(9-13)10-17)19-20-16(21)22-11-14-7-2-3-8-18-14/h2-9H,11H2,1H3. The first-order valence-electron chi connectivity index (χ1n) is 6.70. The second-order valence-corrected chi connectivity index (χ2v) is 5.61. The molecule has 2 heterocycles. The molecule has 0 amide bonds. The number of pyridine rings is 1. The van der Waals surface area contributed by atoms with Gasteiger partial charge in [-0.05, 0) is 24.3 Å². The minimum atomic E-state index is 0.614. The van der Waals surface area contributed by atoms with E-state index in [2.05, 4.69) is 21.3 Å². The third-order valence-electron chi connectivity index (χ3n) is 3.16. The number of hydrogen-bond acceptors (Lipinski definition) is 5. The van der Waals surface area contributed by atoms with Gasteiger partial charge in [0.1, 0.15) is 0 Å². The predicted octanol–water partition coefficient (Wildman–Crippen LogP) is 3.04. The van der Waals surface area contributed by atoms with E-state index in [1.807, 2.05) is 48.0 Å². The van der Waals surface area contributed by atoms with E-state index in [0.717, 1.165) is 28.0 Å². The second-order valence-electron chi connectivity index (χ2n) is 4.67. The maximum Gasteiger partial charge on any atom is 0.191 e. The minimum absolute atomic E-state index is 0.614. The van der Waals surface area contributed by atoms with Crippen LogP contribution in [0.15, 0.2) is 53.8 Å². The largest absolute Gasteiger partial charge is 0.305 e. The third-order valence-corrected chi connectivity index (χ3v) is 4.21. The number of benzene rings is 1. The molecule has 0 N–H and O–H groups in total. The van der Waals surface area contributed by atoms with Crippen LogP contribution >= 0.6 is 11.8 Å². The van der Waals surface area contributed by atoms with Gasteiger partial charge in [-0.15, -0.1) is 10.2 Å². The lowest BCUT2D eigenvalue weighted by Crippen LogP contribution is -1.95. The molecule has 1 aromatic carbocycles. The lowest BCUT2D eigenvalue weighted by Gasteiger charge is -2.04. The van der Waals surface area contributed by atoms with Gasteiger partial charge in [-0.1, -0.05) is 30.0 Å². The van der Waals surface area contributed by atoms with Crippen LogP contribution in [0.25, 0.3) is 11.4 Å². The van der Waals surface area contributed by atoms with E-state index in [1.54, 1.807) is 24.0 Å². The van der Waals surface area contributed by atoms with Gasteiger partial charge in [-0.25, -0.2) is 0 Å². The van der Waals surface area contributed by atoms with E-state index >= 15 is 0 Å². The fourth-order valence-corrected chi connectivity index (χ4v) is 2.87. The Morgan fingerprint density at radius 2 is 2.09 bits per heavy atom. The van der Waals surface area contributed by atoms with Crippen LogP contribution in [0.3, 0.4) is 0 Å². The van der Waals surface area contributed by atoms with Crippen molar-refractivity contribution in [1.82, 2.24) is 19.7 Å². The van der Waals surface area contributed by atoms with Crippen LogP contribution in [-0.2, 0) is 12.8 Å². The molecule has 0 aliphatic carbocycles. The lowest BCUT2D eigenvalue weighted by molar-refractivity contribution is 0.793. The zero-order valence-corrected chi connectivity index (χ0v) is 12.8. The molecule has 5 nitrogen and oxygen atoms in total. The Balaban J connectivity index is 1.81. The summed E-state index contributed by atoms with van der Waals surface area (Å²) >= 11 is 1.59. The second kappa shape index (κ2) is 6.41. The summed E-state index contributed by atoms with van der Waals surface area (Å²) < 4.78 is 1.93. The predicted molar refractivity (Wildman–Crippen MR) is 85.0 cm³/mol. The van der Waals surface area contributed by atoms with E-state index in [-0.39, 0.29) is 0 Å². The molecule has 0 aliphatic rings. The lowest BCUT2D eigenvalue weighted by atomic mass is 10.1. The molecule has 6 heteroatoms. The van der Waals surface area contributed by atoms with Crippen molar-refractivity contribution in [1.29, 1.82) is 5.26 Å². The van der Waals surface area contributed by atoms with Gasteiger partial charge < -0.3 is 4.57 Å². The molecule has 0 radical (unpaired) electrons. The maximum absolute atomic E-state index is 8.99. The molecule has 0 spiro atoms. The Morgan fingerprint density at radius 3 is 2.86 bits per heavy atom. The van der Waals surface area contributed by atoms with Gasteiger partial charge in [0.25, 0.3) is 0 Å². The fraction of sp³-hybridized carbons (Fsp3) is 0.125. The van der Waals surface area contributed by atoms with E-state index in [1.165, 1.54) is 0 Å². The summed E-state index contributed by atoms with van der Waals surface area (Å²) in [5, 5.41) is 18.3. The molecule has 0 aliphatic heterocycles. The molecule has 0 saturated carbocycles. The molecule has 0 fully saturated rings. The maximum atomic E-state index is 8.99. The highest BCUT2D eigenvalue weighted by atomic mass is 32.2. The monoisotopic (exact) mass is 307 g/mol. The average Bonchev–Trinajstić information content (AvgIpc) is 2.95. The van der Waals surface area contributed by atoms with Gasteiger partial charge in [-0.2, -0.15) is 5.26 Å². The summed E-state index contributed by atoms with van der Waals surface area (Å²) in [6.07, 6.45) is 1.78. The molecule has 3 rings (SSSR count). The average molecular weight is 307 g/mol. The molecule has 2 aromatic heterocycles. The van der Waals surface area contributed by atoms with Crippen LogP contribution in [-0.4, -0.2) is 19.7 Å². The van der Waals surface area contributed by atoms with Crippen LogP contribution in [0.4, 0.5) is 0 Å². The van der Waals surface area contributed by atoms with Crippen molar-refractivity contribution in [2.75, 3.05) is 0 Å². The van der Waals surface area contributed by atoms with Crippen molar-refractivity contribution in [3.8, 4) is 17.5 Å². The topological polar surface area (TPSA) is 67.4 Å². The van der Waals surface area contributed by atoms with Crippen LogP contribution in [0, 0.1) is 11.3 Å². The Kier molecular flexibility index (Phi) is 4.17. The van der Waals surface area contributed by atoms with Gasteiger partial charge >= 0.3 is 0 Å². The van der Waals surface area contributed by atoms with Crippen LogP contribution in [0.5, 0.6) is 0 Å². The molecule has 0 bridgehead atoms. The molecule has 0 saturated heterocycles. The van der Waals surface area contributed by atoms with Crippen molar-refractivity contribution in [2.45, 2.75) is 10.9 Å². The molecule has 0 unspecified atom stereocenters. The highest BCUT2D eigenvalue weighted by Gasteiger charge is 2.11. The summed E-state index contributed by atoms with van der Waals surface area (Å²) in [5.41, 5.74) is 2.51. The first-order valence-corrected chi connectivity index (χ1v) is 7.69. The van der Waals surface area contributed by atoms with Crippen molar-refractivity contribution >= 4 is 11.8 Å². The molecule has 22 heavy (non-hydrogen) atoms. The highest BCUT2D eigenvalue weighted by molar-refractivity contribution is 7.98. The van der Waals surface area contributed by atoms with E-state index in [9.17, 15) is 0 Å². The number of nitriles is 1. The number of rotatable bonds is 4. The zero-order chi connectivity index (χ0) is 15.4. The number of thioether (sulfide) groups is 1. The van der Waals surface area contributed by atoms with E-state index in [0.29, 0.717) is 5.56 Å².